The third-order valence-electron chi connectivity index (χ3n) is 9.93. The fourth-order valence-corrected chi connectivity index (χ4v) is 8.10. The first-order chi connectivity index (χ1) is 24.3. The van der Waals surface area contributed by atoms with Gasteiger partial charge in [0.05, 0.1) is 22.6 Å². The standard InChI is InChI=1S/C36H31F3N8O2S/c37-24-17-36(8-3-10-47(36)20-24)21-49-35-43-32-26(19-42-31(30(32)39)25-7-2-5-22-4-1-6-23(18-40)29(22)25)33(44-35)45-11-13-46(14-12-45)34(48)27(38)16-28-41-9-15-50-28/h1-2,4-7,9,15-16,19,24H,3,8,10-14,17,20-21H2/b27-16-/t24?,36-/m0/s1. The number of rotatable bonds is 7. The highest BCUT2D eigenvalue weighted by Gasteiger charge is 2.49. The summed E-state index contributed by atoms with van der Waals surface area (Å²) in [6.07, 6.45) is 5.29. The van der Waals surface area contributed by atoms with Gasteiger partial charge >= 0.3 is 6.01 Å². The Morgan fingerprint density at radius 3 is 2.72 bits per heavy atom. The molecule has 0 spiro atoms. The molecule has 0 saturated carbocycles. The topological polar surface area (TPSA) is 111 Å². The maximum atomic E-state index is 16.8. The van der Waals surface area contributed by atoms with E-state index in [2.05, 4.69) is 25.9 Å². The molecule has 2 aromatic carbocycles. The van der Waals surface area contributed by atoms with E-state index in [-0.39, 0.29) is 50.0 Å². The average Bonchev–Trinajstić information content (AvgIpc) is 3.86. The third kappa shape index (κ3) is 5.70. The number of amides is 1. The summed E-state index contributed by atoms with van der Waals surface area (Å²) in [6, 6.07) is 12.8. The van der Waals surface area contributed by atoms with E-state index in [0.717, 1.165) is 30.8 Å². The summed E-state index contributed by atoms with van der Waals surface area (Å²) in [5, 5.41) is 13.6. The molecule has 3 aliphatic rings. The largest absolute Gasteiger partial charge is 0.461 e. The number of carbonyl (C=O) groups excluding carboxylic acids is 1. The summed E-state index contributed by atoms with van der Waals surface area (Å²) in [7, 11) is 0. The van der Waals surface area contributed by atoms with Gasteiger partial charge in [-0.3, -0.25) is 14.7 Å². The molecule has 3 fully saturated rings. The first-order valence-corrected chi connectivity index (χ1v) is 17.3. The monoisotopic (exact) mass is 696 g/mol. The van der Waals surface area contributed by atoms with Crippen molar-refractivity contribution in [2.24, 2.45) is 0 Å². The number of halogens is 3. The molecule has 6 heterocycles. The van der Waals surface area contributed by atoms with E-state index in [1.54, 1.807) is 29.6 Å². The Labute approximate surface area is 289 Å². The number of hydrogen-bond donors (Lipinski definition) is 0. The molecule has 2 atom stereocenters. The number of aromatic nitrogens is 4. The maximum Gasteiger partial charge on any atom is 0.319 e. The number of nitriles is 1. The van der Waals surface area contributed by atoms with Crippen LogP contribution in [0.5, 0.6) is 6.01 Å². The number of anilines is 1. The lowest BCUT2D eigenvalue weighted by atomic mass is 9.95. The minimum Gasteiger partial charge on any atom is -0.461 e. The van der Waals surface area contributed by atoms with Crippen LogP contribution in [0.4, 0.5) is 19.0 Å². The van der Waals surface area contributed by atoms with Crippen molar-refractivity contribution in [3.8, 4) is 23.3 Å². The molecule has 0 bridgehead atoms. The lowest BCUT2D eigenvalue weighted by molar-refractivity contribution is -0.128. The smallest absolute Gasteiger partial charge is 0.319 e. The van der Waals surface area contributed by atoms with Gasteiger partial charge in [-0.1, -0.05) is 30.3 Å². The number of benzene rings is 2. The minimum absolute atomic E-state index is 0.0204. The summed E-state index contributed by atoms with van der Waals surface area (Å²) in [4.78, 5) is 36.2. The highest BCUT2D eigenvalue weighted by atomic mass is 32.1. The number of carbonyl (C=O) groups is 1. The van der Waals surface area contributed by atoms with Gasteiger partial charge in [-0.25, -0.2) is 18.2 Å². The zero-order valence-corrected chi connectivity index (χ0v) is 27.7. The Kier molecular flexibility index (Phi) is 8.32. The zero-order chi connectivity index (χ0) is 34.4. The van der Waals surface area contributed by atoms with Crippen molar-refractivity contribution >= 4 is 50.8 Å². The van der Waals surface area contributed by atoms with Crippen LogP contribution in [0.3, 0.4) is 0 Å². The van der Waals surface area contributed by atoms with Crippen molar-refractivity contribution < 1.29 is 22.7 Å². The molecule has 5 aromatic rings. The SMILES string of the molecule is N#Cc1cccc2cccc(-c3ncc4c(N5CCN(C(=O)/C(F)=C/c6nccs6)CC5)nc(OC[C@@]56CCCN5CC(F)C6)nc4c3F)c12. The number of hydrogen-bond acceptors (Lipinski definition) is 10. The molecule has 14 heteroatoms. The number of nitrogens with zero attached hydrogens (tertiary/aromatic N) is 8. The van der Waals surface area contributed by atoms with Crippen LogP contribution in [0.15, 0.2) is 60.0 Å². The maximum absolute atomic E-state index is 16.8. The van der Waals surface area contributed by atoms with Gasteiger partial charge in [0, 0.05) is 73.9 Å². The van der Waals surface area contributed by atoms with Crippen LogP contribution in [-0.2, 0) is 4.79 Å². The predicted molar refractivity (Wildman–Crippen MR) is 183 cm³/mol. The van der Waals surface area contributed by atoms with E-state index in [9.17, 15) is 18.8 Å². The molecule has 0 radical (unpaired) electrons. The number of alkyl halides is 1. The summed E-state index contributed by atoms with van der Waals surface area (Å²) < 4.78 is 52.3. The van der Waals surface area contributed by atoms with Crippen LogP contribution >= 0.6 is 11.3 Å². The molecule has 0 aliphatic carbocycles. The molecule has 3 aliphatic heterocycles. The highest BCUT2D eigenvalue weighted by Crippen LogP contribution is 2.41. The van der Waals surface area contributed by atoms with E-state index in [4.69, 9.17) is 9.72 Å². The lowest BCUT2D eigenvalue weighted by Crippen LogP contribution is -2.49. The first-order valence-electron chi connectivity index (χ1n) is 16.4. The van der Waals surface area contributed by atoms with Gasteiger partial charge in [0.1, 0.15) is 34.8 Å². The van der Waals surface area contributed by atoms with Crippen LogP contribution in [-0.4, -0.2) is 93.2 Å². The van der Waals surface area contributed by atoms with E-state index >= 15 is 4.39 Å². The van der Waals surface area contributed by atoms with Gasteiger partial charge in [0.2, 0.25) is 0 Å². The molecule has 254 valence electrons. The Hall–Kier alpha value is -5.13. The number of fused-ring (bicyclic) bond motifs is 3. The number of piperazine rings is 1. The van der Waals surface area contributed by atoms with E-state index in [1.165, 1.54) is 28.6 Å². The van der Waals surface area contributed by atoms with E-state index in [1.807, 2.05) is 17.0 Å². The Morgan fingerprint density at radius 2 is 1.94 bits per heavy atom. The number of thiazole rings is 1. The average molecular weight is 697 g/mol. The van der Waals surface area contributed by atoms with Crippen molar-refractivity contribution in [3.63, 3.8) is 0 Å². The second-order valence-corrected chi connectivity index (χ2v) is 13.8. The van der Waals surface area contributed by atoms with Crippen molar-refractivity contribution in [3.05, 3.63) is 76.4 Å². The molecule has 8 rings (SSSR count). The molecular weight excluding hydrogens is 666 g/mol. The second kappa shape index (κ2) is 13.0. The molecule has 50 heavy (non-hydrogen) atoms. The number of ether oxygens (including phenoxy) is 1. The van der Waals surface area contributed by atoms with E-state index < -0.39 is 29.3 Å². The predicted octanol–water partition coefficient (Wildman–Crippen LogP) is 5.93. The molecule has 0 N–H and O–H groups in total. The van der Waals surface area contributed by atoms with Crippen LogP contribution in [0, 0.1) is 17.1 Å². The summed E-state index contributed by atoms with van der Waals surface area (Å²) in [6.45, 7) is 2.24. The summed E-state index contributed by atoms with van der Waals surface area (Å²) in [5.41, 5.74) is 0.366. The molecule has 1 unspecified atom stereocenters. The normalized spacial score (nSPS) is 21.2. The van der Waals surface area contributed by atoms with Gasteiger partial charge in [-0.05, 0) is 30.8 Å². The molecular formula is C36H31F3N8O2S. The summed E-state index contributed by atoms with van der Waals surface area (Å²) in [5.74, 6) is -1.97. The van der Waals surface area contributed by atoms with Gasteiger partial charge in [-0.15, -0.1) is 11.3 Å². The Balaban J connectivity index is 1.16. The molecule has 10 nitrogen and oxygen atoms in total. The third-order valence-corrected chi connectivity index (χ3v) is 10.6. The van der Waals surface area contributed by atoms with Crippen LogP contribution in [0.25, 0.3) is 39.0 Å². The second-order valence-electron chi connectivity index (χ2n) is 12.8. The van der Waals surface area contributed by atoms with Crippen molar-refractivity contribution in [2.75, 3.05) is 50.8 Å². The van der Waals surface area contributed by atoms with Gasteiger partial charge in [0.25, 0.3) is 5.91 Å². The molecule has 3 aromatic heterocycles. The summed E-state index contributed by atoms with van der Waals surface area (Å²) >= 11 is 1.23. The fraction of sp³-hybridized carbons (Fsp3) is 0.333. The zero-order valence-electron chi connectivity index (χ0n) is 26.9. The van der Waals surface area contributed by atoms with Gasteiger partial charge in [-0.2, -0.15) is 15.2 Å². The van der Waals surface area contributed by atoms with Crippen molar-refractivity contribution in [2.45, 2.75) is 31.0 Å². The lowest BCUT2D eigenvalue weighted by Gasteiger charge is -2.35. The highest BCUT2D eigenvalue weighted by molar-refractivity contribution is 7.10. The fourth-order valence-electron chi connectivity index (χ4n) is 7.54. The van der Waals surface area contributed by atoms with Crippen LogP contribution in [0.2, 0.25) is 0 Å². The Morgan fingerprint density at radius 1 is 1.12 bits per heavy atom. The van der Waals surface area contributed by atoms with Gasteiger partial charge in [0.15, 0.2) is 11.6 Å². The first kappa shape index (κ1) is 32.1. The Bertz CT molecular complexity index is 2180. The van der Waals surface area contributed by atoms with E-state index in [0.29, 0.717) is 45.7 Å². The van der Waals surface area contributed by atoms with Crippen molar-refractivity contribution in [1.82, 2.24) is 29.7 Å². The van der Waals surface area contributed by atoms with Gasteiger partial charge < -0.3 is 14.5 Å². The van der Waals surface area contributed by atoms with Crippen LogP contribution < -0.4 is 9.64 Å². The van der Waals surface area contributed by atoms with Crippen LogP contribution in [0.1, 0.15) is 29.8 Å². The number of pyridine rings is 1. The molecule has 1 amide bonds. The molecule has 3 saturated heterocycles. The minimum atomic E-state index is -0.947. The van der Waals surface area contributed by atoms with Crippen molar-refractivity contribution in [1.29, 1.82) is 5.26 Å². The quantitative estimate of drug-likeness (QED) is 0.191.